The Kier molecular flexibility index (Phi) is 8.73. The van der Waals surface area contributed by atoms with Crippen molar-refractivity contribution in [2.75, 3.05) is 39.3 Å². The number of hydrogen-bond acceptors (Lipinski definition) is 6. The van der Waals surface area contributed by atoms with Crippen LogP contribution < -0.4 is 19.5 Å². The summed E-state index contributed by atoms with van der Waals surface area (Å²) in [4.78, 5) is 14.2. The number of nitrogens with one attached hydrogen (secondary N) is 1. The van der Waals surface area contributed by atoms with Crippen molar-refractivity contribution in [3.8, 4) is 17.2 Å². The molecule has 1 N–H and O–H groups in total. The first-order valence-electron chi connectivity index (χ1n) is 12.6. The highest BCUT2D eigenvalue weighted by Gasteiger charge is 2.31. The highest BCUT2D eigenvalue weighted by atomic mass is 32.1. The number of esters is 1. The van der Waals surface area contributed by atoms with Crippen molar-refractivity contribution in [3.63, 3.8) is 0 Å². The lowest BCUT2D eigenvalue weighted by atomic mass is 9.92. The molecule has 0 fully saturated rings. The van der Waals surface area contributed by atoms with Crippen molar-refractivity contribution in [3.05, 3.63) is 82.4 Å². The maximum atomic E-state index is 12.0. The Morgan fingerprint density at radius 3 is 2.42 bits per heavy atom. The zero-order chi connectivity index (χ0) is 27.2. The summed E-state index contributed by atoms with van der Waals surface area (Å²) in [7, 11) is 3.28. The molecule has 3 aromatic rings. The van der Waals surface area contributed by atoms with Gasteiger partial charge in [-0.1, -0.05) is 12.1 Å². The van der Waals surface area contributed by atoms with Gasteiger partial charge in [-0.2, -0.15) is 0 Å². The van der Waals surface area contributed by atoms with E-state index in [0.29, 0.717) is 41.1 Å². The molecule has 1 aliphatic heterocycles. The van der Waals surface area contributed by atoms with Gasteiger partial charge in [0.2, 0.25) is 0 Å². The third-order valence-corrected chi connectivity index (χ3v) is 7.01. The molecule has 38 heavy (non-hydrogen) atoms. The number of benzene rings is 3. The van der Waals surface area contributed by atoms with Crippen LogP contribution in [0.25, 0.3) is 0 Å². The van der Waals surface area contributed by atoms with Gasteiger partial charge < -0.3 is 29.2 Å². The fourth-order valence-corrected chi connectivity index (χ4v) is 4.91. The molecule has 0 saturated heterocycles. The summed E-state index contributed by atoms with van der Waals surface area (Å²) in [6, 6.07) is 17.1. The smallest absolute Gasteiger partial charge is 0.338 e. The Morgan fingerprint density at radius 2 is 1.74 bits per heavy atom. The first-order valence-corrected chi connectivity index (χ1v) is 13.0. The minimum absolute atomic E-state index is 0.173. The van der Waals surface area contributed by atoms with Crippen molar-refractivity contribution in [2.24, 2.45) is 0 Å². The van der Waals surface area contributed by atoms with Gasteiger partial charge in [0.15, 0.2) is 16.6 Å². The SMILES string of the molecule is CCOC(=O)c1ccc(OC[C@H]2c3cc(OC)c(OC)cc3CCN2C(=S)Nc2cc(C)ccc2C)cc1. The minimum Gasteiger partial charge on any atom is -0.493 e. The van der Waals surface area contributed by atoms with E-state index in [2.05, 4.69) is 42.3 Å². The van der Waals surface area contributed by atoms with E-state index in [4.69, 9.17) is 31.2 Å². The van der Waals surface area contributed by atoms with Crippen LogP contribution in [-0.4, -0.2) is 50.0 Å². The maximum Gasteiger partial charge on any atom is 0.338 e. The molecular formula is C30H34N2O5S. The Hall–Kier alpha value is -3.78. The van der Waals surface area contributed by atoms with E-state index in [1.54, 1.807) is 45.4 Å². The molecule has 0 saturated carbocycles. The fraction of sp³-hybridized carbons (Fsp3) is 0.333. The number of carbonyl (C=O) groups excluding carboxylic acids is 1. The van der Waals surface area contributed by atoms with E-state index < -0.39 is 0 Å². The van der Waals surface area contributed by atoms with E-state index in [9.17, 15) is 4.79 Å². The van der Waals surface area contributed by atoms with Crippen LogP contribution in [0.3, 0.4) is 0 Å². The number of carbonyl (C=O) groups is 1. The van der Waals surface area contributed by atoms with Crippen molar-refractivity contribution in [1.29, 1.82) is 0 Å². The zero-order valence-corrected chi connectivity index (χ0v) is 23.3. The first kappa shape index (κ1) is 27.3. The molecule has 0 spiro atoms. The average Bonchev–Trinajstić information content (AvgIpc) is 2.93. The lowest BCUT2D eigenvalue weighted by Crippen LogP contribution is -2.44. The summed E-state index contributed by atoms with van der Waals surface area (Å²) in [5.74, 6) is 1.66. The molecule has 0 bridgehead atoms. The number of methoxy groups -OCH3 is 2. The Morgan fingerprint density at radius 1 is 1.03 bits per heavy atom. The van der Waals surface area contributed by atoms with Crippen molar-refractivity contribution < 1.29 is 23.7 Å². The predicted octanol–water partition coefficient (Wildman–Crippen LogP) is 5.87. The van der Waals surface area contributed by atoms with Gasteiger partial charge in [-0.3, -0.25) is 0 Å². The van der Waals surface area contributed by atoms with Gasteiger partial charge in [0, 0.05) is 12.2 Å². The quantitative estimate of drug-likeness (QED) is 0.284. The fourth-order valence-electron chi connectivity index (χ4n) is 4.59. The zero-order valence-electron chi connectivity index (χ0n) is 22.5. The summed E-state index contributed by atoms with van der Waals surface area (Å²) in [5, 5.41) is 4.09. The second-order valence-electron chi connectivity index (χ2n) is 9.17. The molecule has 0 unspecified atom stereocenters. The van der Waals surface area contributed by atoms with Gasteiger partial charge in [0.1, 0.15) is 12.4 Å². The third kappa shape index (κ3) is 6.02. The van der Waals surface area contributed by atoms with E-state index in [0.717, 1.165) is 35.3 Å². The van der Waals surface area contributed by atoms with Crippen molar-refractivity contribution in [1.82, 2.24) is 4.90 Å². The maximum absolute atomic E-state index is 12.0. The topological polar surface area (TPSA) is 69.3 Å². The van der Waals surface area contributed by atoms with Crippen LogP contribution in [0.4, 0.5) is 5.69 Å². The monoisotopic (exact) mass is 534 g/mol. The second kappa shape index (κ2) is 12.2. The third-order valence-electron chi connectivity index (χ3n) is 6.67. The van der Waals surface area contributed by atoms with Gasteiger partial charge >= 0.3 is 5.97 Å². The summed E-state index contributed by atoms with van der Waals surface area (Å²) in [6.07, 6.45) is 0.801. The normalized spacial score (nSPS) is 14.3. The Bertz CT molecular complexity index is 1310. The minimum atomic E-state index is -0.352. The number of nitrogens with zero attached hydrogens (tertiary/aromatic N) is 1. The molecule has 0 radical (unpaired) electrons. The van der Waals surface area contributed by atoms with Gasteiger partial charge in [-0.25, -0.2) is 4.79 Å². The molecule has 4 rings (SSSR count). The number of ether oxygens (including phenoxy) is 4. The number of hydrogen-bond donors (Lipinski definition) is 1. The van der Waals surface area contributed by atoms with E-state index in [1.807, 2.05) is 12.1 Å². The number of fused-ring (bicyclic) bond motifs is 1. The highest BCUT2D eigenvalue weighted by molar-refractivity contribution is 7.80. The largest absolute Gasteiger partial charge is 0.493 e. The van der Waals surface area contributed by atoms with E-state index in [-0.39, 0.29) is 12.0 Å². The Balaban J connectivity index is 1.62. The molecular weight excluding hydrogens is 500 g/mol. The Labute approximate surface area is 229 Å². The number of thiocarbonyl (C=S) groups is 1. The van der Waals surface area contributed by atoms with Gasteiger partial charge in [0.25, 0.3) is 0 Å². The molecule has 200 valence electrons. The molecule has 0 aromatic heterocycles. The molecule has 1 aliphatic rings. The lowest BCUT2D eigenvalue weighted by Gasteiger charge is -2.39. The molecule has 3 aromatic carbocycles. The highest BCUT2D eigenvalue weighted by Crippen LogP contribution is 2.39. The van der Waals surface area contributed by atoms with Crippen LogP contribution in [0.1, 0.15) is 45.6 Å². The number of aryl methyl sites for hydroxylation is 2. The van der Waals surface area contributed by atoms with E-state index >= 15 is 0 Å². The molecule has 0 aliphatic carbocycles. The van der Waals surface area contributed by atoms with Crippen molar-refractivity contribution >= 4 is 29.0 Å². The summed E-state index contributed by atoms with van der Waals surface area (Å²) < 4.78 is 22.5. The van der Waals surface area contributed by atoms with Crippen LogP contribution >= 0.6 is 12.2 Å². The van der Waals surface area contributed by atoms with Crippen LogP contribution in [0.15, 0.2) is 54.6 Å². The van der Waals surface area contributed by atoms with E-state index in [1.165, 1.54) is 5.56 Å². The van der Waals surface area contributed by atoms with Gasteiger partial charge in [-0.05, 0) is 104 Å². The second-order valence-corrected chi connectivity index (χ2v) is 9.56. The molecule has 8 heteroatoms. The van der Waals surface area contributed by atoms with Crippen LogP contribution in [0.2, 0.25) is 0 Å². The lowest BCUT2D eigenvalue weighted by molar-refractivity contribution is 0.0526. The molecule has 1 atom stereocenters. The van der Waals surface area contributed by atoms with Crippen LogP contribution in [0, 0.1) is 13.8 Å². The summed E-state index contributed by atoms with van der Waals surface area (Å²) in [5.41, 5.74) is 5.99. The molecule has 1 heterocycles. The summed E-state index contributed by atoms with van der Waals surface area (Å²) in [6.45, 7) is 7.30. The summed E-state index contributed by atoms with van der Waals surface area (Å²) >= 11 is 5.93. The standard InChI is InChI=1S/C30H34N2O5S/c1-6-36-29(33)21-9-11-23(12-10-21)37-18-26-24-17-28(35-5)27(34-4)16-22(24)13-14-32(26)30(38)31-25-15-19(2)7-8-20(25)3/h7-12,15-17,26H,6,13-14,18H2,1-5H3,(H,31,38)/t26-/m0/s1. The molecule has 0 amide bonds. The average molecular weight is 535 g/mol. The van der Waals surface area contributed by atoms with Gasteiger partial charge in [0.05, 0.1) is 32.4 Å². The number of rotatable bonds is 8. The van der Waals surface area contributed by atoms with Gasteiger partial charge in [-0.15, -0.1) is 0 Å². The van der Waals surface area contributed by atoms with Crippen LogP contribution in [0.5, 0.6) is 17.2 Å². The van der Waals surface area contributed by atoms with Crippen molar-refractivity contribution in [2.45, 2.75) is 33.2 Å². The molecule has 7 nitrogen and oxygen atoms in total. The number of anilines is 1. The predicted molar refractivity (Wildman–Crippen MR) is 153 cm³/mol. The van der Waals surface area contributed by atoms with Crippen LogP contribution in [-0.2, 0) is 11.2 Å². The first-order chi connectivity index (χ1) is 18.3.